The maximum atomic E-state index is 10.6. The molecule has 1 saturated heterocycles. The summed E-state index contributed by atoms with van der Waals surface area (Å²) in [7, 11) is 1.92. The molecule has 0 bridgehead atoms. The van der Waals surface area contributed by atoms with E-state index in [-0.39, 0.29) is 11.9 Å². The van der Waals surface area contributed by atoms with E-state index >= 15 is 0 Å². The molecule has 1 atom stereocenters. The third-order valence-electron chi connectivity index (χ3n) is 1.94. The molecule has 2 heterocycles. The Hall–Kier alpha value is -1.32. The molecule has 1 fully saturated rings. The summed E-state index contributed by atoms with van der Waals surface area (Å²) in [4.78, 5) is 14.5. The van der Waals surface area contributed by atoms with Gasteiger partial charge in [0, 0.05) is 7.05 Å². The van der Waals surface area contributed by atoms with Gasteiger partial charge in [-0.3, -0.25) is 4.79 Å². The maximum Gasteiger partial charge on any atom is 0.223 e. The van der Waals surface area contributed by atoms with E-state index in [9.17, 15) is 4.79 Å². The van der Waals surface area contributed by atoms with Gasteiger partial charge in [0.2, 0.25) is 5.91 Å². The molecule has 1 aromatic heterocycles. The van der Waals surface area contributed by atoms with Crippen LogP contribution in [-0.2, 0) is 11.8 Å². The van der Waals surface area contributed by atoms with Gasteiger partial charge in [-0.25, -0.2) is 4.98 Å². The summed E-state index contributed by atoms with van der Waals surface area (Å²) in [6.07, 6.45) is 4.11. The molecule has 1 aliphatic heterocycles. The van der Waals surface area contributed by atoms with Crippen LogP contribution in [0.1, 0.15) is 18.2 Å². The Morgan fingerprint density at radius 2 is 2.55 bits per heavy atom. The third kappa shape index (κ3) is 0.906. The van der Waals surface area contributed by atoms with Gasteiger partial charge in [-0.2, -0.15) is 0 Å². The standard InChI is InChI=1S/C7H9N3O/c1-10-4-8-3-6(10)5-2-7(11)9-5/h3-5H,2H2,1H3,(H,9,11). The number of aromatic nitrogens is 2. The van der Waals surface area contributed by atoms with E-state index in [1.165, 1.54) is 0 Å². The quantitative estimate of drug-likeness (QED) is 0.573. The highest BCUT2D eigenvalue weighted by atomic mass is 16.2. The Labute approximate surface area is 64.2 Å². The average molecular weight is 151 g/mol. The molecule has 1 aromatic rings. The zero-order valence-electron chi connectivity index (χ0n) is 6.24. The minimum Gasteiger partial charge on any atom is -0.347 e. The number of amides is 1. The minimum absolute atomic E-state index is 0.121. The fourth-order valence-corrected chi connectivity index (χ4v) is 1.24. The predicted molar refractivity (Wildman–Crippen MR) is 38.7 cm³/mol. The molecule has 0 aliphatic carbocycles. The van der Waals surface area contributed by atoms with E-state index in [4.69, 9.17) is 0 Å². The number of β-lactam (4-membered cyclic amide) rings is 1. The third-order valence-corrected chi connectivity index (χ3v) is 1.94. The summed E-state index contributed by atoms with van der Waals surface area (Å²) < 4.78 is 1.92. The molecule has 0 aromatic carbocycles. The van der Waals surface area contributed by atoms with Crippen molar-refractivity contribution in [3.8, 4) is 0 Å². The lowest BCUT2D eigenvalue weighted by molar-refractivity contribution is -0.128. The van der Waals surface area contributed by atoms with Gasteiger partial charge >= 0.3 is 0 Å². The van der Waals surface area contributed by atoms with Gasteiger partial charge in [-0.1, -0.05) is 0 Å². The largest absolute Gasteiger partial charge is 0.347 e. The van der Waals surface area contributed by atoms with Crippen molar-refractivity contribution in [2.24, 2.45) is 7.05 Å². The summed E-state index contributed by atoms with van der Waals surface area (Å²) in [5, 5.41) is 2.79. The van der Waals surface area contributed by atoms with Crippen LogP contribution >= 0.6 is 0 Å². The summed E-state index contributed by atoms with van der Waals surface area (Å²) in [6, 6.07) is 0.190. The van der Waals surface area contributed by atoms with Gasteiger partial charge in [0.05, 0.1) is 30.7 Å². The number of carbonyl (C=O) groups is 1. The SMILES string of the molecule is Cn1cncc1C1CC(=O)N1. The van der Waals surface area contributed by atoms with Crippen LogP contribution in [0.5, 0.6) is 0 Å². The van der Waals surface area contributed by atoms with Gasteiger partial charge in [0.25, 0.3) is 0 Å². The second-order valence-corrected chi connectivity index (χ2v) is 2.75. The van der Waals surface area contributed by atoms with Gasteiger partial charge in [0.1, 0.15) is 0 Å². The fourth-order valence-electron chi connectivity index (χ4n) is 1.24. The fraction of sp³-hybridized carbons (Fsp3) is 0.429. The lowest BCUT2D eigenvalue weighted by Crippen LogP contribution is -2.42. The second-order valence-electron chi connectivity index (χ2n) is 2.75. The van der Waals surface area contributed by atoms with E-state index < -0.39 is 0 Å². The van der Waals surface area contributed by atoms with Gasteiger partial charge in [0.15, 0.2) is 0 Å². The van der Waals surface area contributed by atoms with Crippen molar-refractivity contribution in [2.75, 3.05) is 0 Å². The van der Waals surface area contributed by atoms with Crippen molar-refractivity contribution in [3.63, 3.8) is 0 Å². The lowest BCUT2D eigenvalue weighted by Gasteiger charge is -2.26. The molecule has 58 valence electrons. The first-order valence-electron chi connectivity index (χ1n) is 3.53. The van der Waals surface area contributed by atoms with E-state index in [1.807, 2.05) is 11.6 Å². The van der Waals surface area contributed by atoms with Crippen LogP contribution < -0.4 is 5.32 Å². The Morgan fingerprint density at radius 3 is 3.00 bits per heavy atom. The normalized spacial score (nSPS) is 22.6. The van der Waals surface area contributed by atoms with Crippen LogP contribution in [0.15, 0.2) is 12.5 Å². The number of rotatable bonds is 1. The minimum atomic E-state index is 0.121. The molecule has 11 heavy (non-hydrogen) atoms. The number of hydrogen-bond acceptors (Lipinski definition) is 2. The van der Waals surface area contributed by atoms with Gasteiger partial charge in [-0.05, 0) is 0 Å². The van der Waals surface area contributed by atoms with E-state index in [2.05, 4.69) is 10.3 Å². The molecular weight excluding hydrogens is 142 g/mol. The second kappa shape index (κ2) is 2.08. The zero-order valence-corrected chi connectivity index (χ0v) is 6.24. The van der Waals surface area contributed by atoms with Crippen LogP contribution in [0.2, 0.25) is 0 Å². The number of carbonyl (C=O) groups excluding carboxylic acids is 1. The van der Waals surface area contributed by atoms with Crippen molar-refractivity contribution in [1.82, 2.24) is 14.9 Å². The van der Waals surface area contributed by atoms with Gasteiger partial charge < -0.3 is 9.88 Å². The van der Waals surface area contributed by atoms with E-state index in [1.54, 1.807) is 12.5 Å². The number of hydrogen-bond donors (Lipinski definition) is 1. The average Bonchev–Trinajstić information content (AvgIpc) is 2.29. The first-order valence-corrected chi connectivity index (χ1v) is 3.53. The molecule has 0 radical (unpaired) electrons. The first-order chi connectivity index (χ1) is 5.27. The topological polar surface area (TPSA) is 46.9 Å². The molecule has 4 heteroatoms. The molecule has 1 N–H and O–H groups in total. The predicted octanol–water partition coefficient (Wildman–Crippen LogP) is -0.0189. The summed E-state index contributed by atoms with van der Waals surface area (Å²) in [5.74, 6) is 0.121. The highest BCUT2D eigenvalue weighted by Crippen LogP contribution is 2.22. The molecule has 1 aliphatic rings. The van der Waals surface area contributed by atoms with E-state index in [0.29, 0.717) is 6.42 Å². The molecule has 0 saturated carbocycles. The number of imidazole rings is 1. The van der Waals surface area contributed by atoms with Crippen LogP contribution in [0.3, 0.4) is 0 Å². The smallest absolute Gasteiger partial charge is 0.223 e. The highest BCUT2D eigenvalue weighted by Gasteiger charge is 2.28. The number of nitrogens with zero attached hydrogens (tertiary/aromatic N) is 2. The molecule has 0 spiro atoms. The molecule has 1 amide bonds. The van der Waals surface area contributed by atoms with Crippen LogP contribution in [0.4, 0.5) is 0 Å². The van der Waals surface area contributed by atoms with E-state index in [0.717, 1.165) is 5.69 Å². The monoisotopic (exact) mass is 151 g/mol. The van der Waals surface area contributed by atoms with Crippen molar-refractivity contribution < 1.29 is 4.79 Å². The van der Waals surface area contributed by atoms with Crippen molar-refractivity contribution in [3.05, 3.63) is 18.2 Å². The van der Waals surface area contributed by atoms with Crippen molar-refractivity contribution in [2.45, 2.75) is 12.5 Å². The van der Waals surface area contributed by atoms with Crippen LogP contribution in [0, 0.1) is 0 Å². The molecule has 1 unspecified atom stereocenters. The van der Waals surface area contributed by atoms with Crippen molar-refractivity contribution in [1.29, 1.82) is 0 Å². The number of aryl methyl sites for hydroxylation is 1. The Kier molecular flexibility index (Phi) is 1.21. The van der Waals surface area contributed by atoms with Crippen molar-refractivity contribution >= 4 is 5.91 Å². The Morgan fingerprint density at radius 1 is 1.82 bits per heavy atom. The molecule has 2 rings (SSSR count). The van der Waals surface area contributed by atoms with Gasteiger partial charge in [-0.15, -0.1) is 0 Å². The maximum absolute atomic E-state index is 10.6. The number of nitrogens with one attached hydrogen (secondary N) is 1. The molecule has 4 nitrogen and oxygen atoms in total. The lowest BCUT2D eigenvalue weighted by atomic mass is 10.0. The summed E-state index contributed by atoms with van der Waals surface area (Å²) in [6.45, 7) is 0. The Bertz CT molecular complexity index is 284. The first kappa shape index (κ1) is 6.39. The Balaban J connectivity index is 2.18. The molecular formula is C7H9N3O. The zero-order chi connectivity index (χ0) is 7.84. The highest BCUT2D eigenvalue weighted by molar-refractivity contribution is 5.83. The summed E-state index contributed by atoms with van der Waals surface area (Å²) in [5.41, 5.74) is 1.07. The summed E-state index contributed by atoms with van der Waals surface area (Å²) >= 11 is 0. The van der Waals surface area contributed by atoms with Crippen LogP contribution in [-0.4, -0.2) is 15.5 Å². The van der Waals surface area contributed by atoms with Crippen LogP contribution in [0.25, 0.3) is 0 Å².